The first kappa shape index (κ1) is 17.5. The first-order valence-electron chi connectivity index (χ1n) is 7.28. The summed E-state index contributed by atoms with van der Waals surface area (Å²) in [7, 11) is 0. The van der Waals surface area contributed by atoms with Gasteiger partial charge < -0.3 is 4.74 Å². The summed E-state index contributed by atoms with van der Waals surface area (Å²) in [6, 6.07) is 0. The standard InChI is InChI=1S/C16H32O2/c1-8-10-13(11-9-12-15(2,3)4)14(17)18-16(5,6)7/h13H,8-12H2,1-7H3. The maximum absolute atomic E-state index is 12.1. The summed E-state index contributed by atoms with van der Waals surface area (Å²) in [5.74, 6) is 0.0647. The van der Waals surface area contributed by atoms with Gasteiger partial charge in [0.2, 0.25) is 0 Å². The Kier molecular flexibility index (Phi) is 6.94. The Hall–Kier alpha value is -0.530. The zero-order valence-corrected chi connectivity index (χ0v) is 13.4. The van der Waals surface area contributed by atoms with Crippen molar-refractivity contribution in [1.82, 2.24) is 0 Å². The van der Waals surface area contributed by atoms with Gasteiger partial charge in [-0.1, -0.05) is 40.5 Å². The van der Waals surface area contributed by atoms with Gasteiger partial charge in [0.25, 0.3) is 0 Å². The molecule has 0 aliphatic carbocycles. The summed E-state index contributed by atoms with van der Waals surface area (Å²) >= 11 is 0. The molecule has 0 heterocycles. The highest BCUT2D eigenvalue weighted by atomic mass is 16.6. The largest absolute Gasteiger partial charge is 0.460 e. The number of carbonyl (C=O) groups excluding carboxylic acids is 1. The Labute approximate surface area is 113 Å². The third kappa shape index (κ3) is 9.49. The minimum Gasteiger partial charge on any atom is -0.460 e. The molecule has 0 aromatic heterocycles. The molecule has 0 saturated heterocycles. The van der Waals surface area contributed by atoms with Crippen LogP contribution in [0.15, 0.2) is 0 Å². The predicted molar refractivity (Wildman–Crippen MR) is 77.5 cm³/mol. The molecule has 0 amide bonds. The molecule has 0 bridgehead atoms. The zero-order chi connectivity index (χ0) is 14.4. The van der Waals surface area contributed by atoms with Crippen molar-refractivity contribution in [2.75, 3.05) is 0 Å². The van der Waals surface area contributed by atoms with E-state index < -0.39 is 0 Å². The van der Waals surface area contributed by atoms with Crippen LogP contribution >= 0.6 is 0 Å². The summed E-state index contributed by atoms with van der Waals surface area (Å²) in [5.41, 5.74) is -0.0161. The molecule has 1 unspecified atom stereocenters. The second-order valence-corrected chi connectivity index (χ2v) is 7.47. The SMILES string of the molecule is CCCC(CCCC(C)(C)C)C(=O)OC(C)(C)C. The van der Waals surface area contributed by atoms with E-state index in [-0.39, 0.29) is 17.5 Å². The van der Waals surface area contributed by atoms with Gasteiger partial charge in [0, 0.05) is 0 Å². The van der Waals surface area contributed by atoms with Crippen LogP contribution in [0.2, 0.25) is 0 Å². The molecule has 0 radical (unpaired) electrons. The number of esters is 1. The average Bonchev–Trinajstić information content (AvgIpc) is 2.11. The Balaban J connectivity index is 4.25. The van der Waals surface area contributed by atoms with Gasteiger partial charge >= 0.3 is 5.97 Å². The molecule has 0 aromatic carbocycles. The van der Waals surface area contributed by atoms with Crippen LogP contribution < -0.4 is 0 Å². The average molecular weight is 256 g/mol. The molecule has 108 valence electrons. The lowest BCUT2D eigenvalue weighted by molar-refractivity contribution is -0.160. The van der Waals surface area contributed by atoms with Gasteiger partial charge in [-0.3, -0.25) is 4.79 Å². The highest BCUT2D eigenvalue weighted by Gasteiger charge is 2.24. The molecule has 0 N–H and O–H groups in total. The molecule has 0 fully saturated rings. The van der Waals surface area contributed by atoms with Crippen LogP contribution in [0.4, 0.5) is 0 Å². The Morgan fingerprint density at radius 3 is 2.00 bits per heavy atom. The van der Waals surface area contributed by atoms with E-state index in [0.29, 0.717) is 5.41 Å². The molecular formula is C16H32O2. The van der Waals surface area contributed by atoms with Crippen molar-refractivity contribution in [3.05, 3.63) is 0 Å². The fraction of sp³-hybridized carbons (Fsp3) is 0.938. The second-order valence-electron chi connectivity index (χ2n) is 7.47. The fourth-order valence-electron chi connectivity index (χ4n) is 1.99. The van der Waals surface area contributed by atoms with E-state index in [9.17, 15) is 4.79 Å². The van der Waals surface area contributed by atoms with Crippen molar-refractivity contribution in [2.24, 2.45) is 11.3 Å². The van der Waals surface area contributed by atoms with Gasteiger partial charge in [0.15, 0.2) is 0 Å². The molecule has 0 aliphatic heterocycles. The maximum atomic E-state index is 12.1. The van der Waals surface area contributed by atoms with E-state index in [4.69, 9.17) is 4.74 Å². The lowest BCUT2D eigenvalue weighted by Gasteiger charge is -2.25. The monoisotopic (exact) mass is 256 g/mol. The Morgan fingerprint density at radius 1 is 1.06 bits per heavy atom. The van der Waals surface area contributed by atoms with Crippen LogP contribution in [0.25, 0.3) is 0 Å². The van der Waals surface area contributed by atoms with Crippen LogP contribution in [0.3, 0.4) is 0 Å². The summed E-state index contributed by atoms with van der Waals surface area (Å²) < 4.78 is 5.50. The van der Waals surface area contributed by atoms with Crippen molar-refractivity contribution in [1.29, 1.82) is 0 Å². The lowest BCUT2D eigenvalue weighted by Crippen LogP contribution is -2.29. The van der Waals surface area contributed by atoms with E-state index >= 15 is 0 Å². The third-order valence-electron chi connectivity index (χ3n) is 2.86. The van der Waals surface area contributed by atoms with Gasteiger partial charge in [-0.15, -0.1) is 0 Å². The maximum Gasteiger partial charge on any atom is 0.309 e. The molecule has 0 saturated carbocycles. The summed E-state index contributed by atoms with van der Waals surface area (Å²) in [5, 5.41) is 0. The van der Waals surface area contributed by atoms with Gasteiger partial charge in [-0.2, -0.15) is 0 Å². The summed E-state index contributed by atoms with van der Waals surface area (Å²) in [6.07, 6.45) is 5.21. The van der Waals surface area contributed by atoms with Crippen molar-refractivity contribution in [2.45, 2.75) is 86.2 Å². The minimum atomic E-state index is -0.368. The van der Waals surface area contributed by atoms with Crippen LogP contribution in [0.1, 0.15) is 80.6 Å². The van der Waals surface area contributed by atoms with Crippen molar-refractivity contribution < 1.29 is 9.53 Å². The molecule has 18 heavy (non-hydrogen) atoms. The van der Waals surface area contributed by atoms with Crippen molar-refractivity contribution in [3.8, 4) is 0 Å². The number of rotatable bonds is 6. The summed E-state index contributed by atoms with van der Waals surface area (Å²) in [4.78, 5) is 12.1. The van der Waals surface area contributed by atoms with Gasteiger partial charge in [0.1, 0.15) is 5.60 Å². The molecule has 1 atom stereocenters. The molecule has 2 heteroatoms. The van der Waals surface area contributed by atoms with Crippen LogP contribution in [0.5, 0.6) is 0 Å². The molecular weight excluding hydrogens is 224 g/mol. The van der Waals surface area contributed by atoms with E-state index in [1.807, 2.05) is 20.8 Å². The van der Waals surface area contributed by atoms with Gasteiger partial charge in [0.05, 0.1) is 5.92 Å². The van der Waals surface area contributed by atoms with Crippen molar-refractivity contribution in [3.63, 3.8) is 0 Å². The first-order valence-corrected chi connectivity index (χ1v) is 7.28. The minimum absolute atomic E-state index is 0.0155. The molecule has 2 nitrogen and oxygen atoms in total. The number of hydrogen-bond donors (Lipinski definition) is 0. The normalized spacial score (nSPS) is 14.4. The first-order chi connectivity index (χ1) is 8.05. The van der Waals surface area contributed by atoms with E-state index in [1.54, 1.807) is 0 Å². The van der Waals surface area contributed by atoms with Crippen LogP contribution in [-0.2, 0) is 9.53 Å². The number of carbonyl (C=O) groups is 1. The van der Waals surface area contributed by atoms with Crippen LogP contribution in [0, 0.1) is 11.3 Å². The van der Waals surface area contributed by atoms with E-state index in [0.717, 1.165) is 32.1 Å². The third-order valence-corrected chi connectivity index (χ3v) is 2.86. The van der Waals surface area contributed by atoms with Gasteiger partial charge in [-0.05, 0) is 45.4 Å². The highest BCUT2D eigenvalue weighted by Crippen LogP contribution is 2.26. The number of ether oxygens (including phenoxy) is 1. The zero-order valence-electron chi connectivity index (χ0n) is 13.4. The lowest BCUT2D eigenvalue weighted by atomic mass is 9.87. The molecule has 0 rings (SSSR count). The van der Waals surface area contributed by atoms with Crippen LogP contribution in [-0.4, -0.2) is 11.6 Å². The van der Waals surface area contributed by atoms with Crippen molar-refractivity contribution >= 4 is 5.97 Å². The van der Waals surface area contributed by atoms with Gasteiger partial charge in [-0.25, -0.2) is 0 Å². The number of hydrogen-bond acceptors (Lipinski definition) is 2. The summed E-state index contributed by atoms with van der Waals surface area (Å²) in [6.45, 7) is 14.7. The van der Waals surface area contributed by atoms with E-state index in [1.165, 1.54) is 0 Å². The second kappa shape index (κ2) is 7.16. The molecule has 0 aromatic rings. The fourth-order valence-corrected chi connectivity index (χ4v) is 1.99. The Bertz CT molecular complexity index is 243. The van der Waals surface area contributed by atoms with E-state index in [2.05, 4.69) is 27.7 Å². The smallest absolute Gasteiger partial charge is 0.309 e. The topological polar surface area (TPSA) is 26.3 Å². The highest BCUT2D eigenvalue weighted by molar-refractivity contribution is 5.72. The molecule has 0 aliphatic rings. The predicted octanol–water partition coefficient (Wildman–Crippen LogP) is 4.96. The Morgan fingerprint density at radius 2 is 1.61 bits per heavy atom. The quantitative estimate of drug-likeness (QED) is 0.628. The molecule has 0 spiro atoms.